The third-order valence-electron chi connectivity index (χ3n) is 3.80. The van der Waals surface area contributed by atoms with Crippen LogP contribution >= 0.6 is 0 Å². The van der Waals surface area contributed by atoms with Crippen LogP contribution in [0.3, 0.4) is 0 Å². The highest BCUT2D eigenvalue weighted by Crippen LogP contribution is 2.12. The van der Waals surface area contributed by atoms with Gasteiger partial charge in [-0.2, -0.15) is 0 Å². The molecule has 0 aliphatic carbocycles. The average Bonchev–Trinajstić information content (AvgIpc) is 2.55. The topological polar surface area (TPSA) is 142 Å². The van der Waals surface area contributed by atoms with Gasteiger partial charge in [0, 0.05) is 6.42 Å². The third kappa shape index (κ3) is 7.10. The fraction of sp³-hybridized carbons (Fsp3) is 0.500. The number of carboxylic acid groups (broad SMARTS) is 1. The predicted octanol–water partition coefficient (Wildman–Crippen LogP) is 0.382. The molecule has 0 heterocycles. The van der Waals surface area contributed by atoms with Crippen molar-refractivity contribution in [3.05, 3.63) is 29.8 Å². The number of amides is 2. The van der Waals surface area contributed by atoms with E-state index in [1.807, 2.05) is 13.8 Å². The Morgan fingerprint density at radius 1 is 1.04 bits per heavy atom. The van der Waals surface area contributed by atoms with Crippen LogP contribution < -0.4 is 16.4 Å². The summed E-state index contributed by atoms with van der Waals surface area (Å²) >= 11 is 0. The highest BCUT2D eigenvalue weighted by molar-refractivity contribution is 5.91. The van der Waals surface area contributed by atoms with Gasteiger partial charge in [-0.3, -0.25) is 14.4 Å². The van der Waals surface area contributed by atoms with Gasteiger partial charge >= 0.3 is 5.97 Å². The molecule has 26 heavy (non-hydrogen) atoms. The minimum atomic E-state index is -1.18. The molecule has 0 aliphatic rings. The van der Waals surface area contributed by atoms with Crippen LogP contribution in [0.15, 0.2) is 24.3 Å². The lowest BCUT2D eigenvalue weighted by Gasteiger charge is -2.22. The molecule has 2 amide bonds. The number of carbonyl (C=O) groups is 3. The van der Waals surface area contributed by atoms with E-state index >= 15 is 0 Å². The first-order valence-corrected chi connectivity index (χ1v) is 8.47. The Morgan fingerprint density at radius 3 is 2.12 bits per heavy atom. The number of benzene rings is 1. The number of aromatic hydroxyl groups is 1. The first kappa shape index (κ1) is 21.4. The second kappa shape index (κ2) is 9.76. The van der Waals surface area contributed by atoms with Gasteiger partial charge in [0.25, 0.3) is 0 Å². The normalized spacial score (nSPS) is 14.3. The van der Waals surface area contributed by atoms with Crippen LogP contribution in [0.5, 0.6) is 5.75 Å². The quantitative estimate of drug-likeness (QED) is 0.428. The van der Waals surface area contributed by atoms with Crippen molar-refractivity contribution < 1.29 is 24.6 Å². The van der Waals surface area contributed by atoms with E-state index in [2.05, 4.69) is 10.6 Å². The van der Waals surface area contributed by atoms with Crippen molar-refractivity contribution in [1.29, 1.82) is 0 Å². The molecule has 6 N–H and O–H groups in total. The second-order valence-corrected chi connectivity index (χ2v) is 6.74. The molecule has 8 heteroatoms. The Bertz CT molecular complexity index is 630. The highest BCUT2D eigenvalue weighted by atomic mass is 16.4. The Labute approximate surface area is 152 Å². The molecule has 3 atom stereocenters. The SMILES string of the molecule is CC(C)C[C@H](N)C(=O)N[C@@H](Cc1ccc(O)cc1)C(=O)N[C@@H](C)C(=O)O. The molecule has 0 saturated carbocycles. The van der Waals surface area contributed by atoms with Crippen LogP contribution in [0.1, 0.15) is 32.8 Å². The summed E-state index contributed by atoms with van der Waals surface area (Å²) in [5, 5.41) is 23.3. The van der Waals surface area contributed by atoms with Gasteiger partial charge in [-0.05, 0) is 37.0 Å². The van der Waals surface area contributed by atoms with E-state index in [0.717, 1.165) is 0 Å². The molecule has 1 rings (SSSR count). The van der Waals surface area contributed by atoms with Gasteiger partial charge in [-0.1, -0.05) is 26.0 Å². The summed E-state index contributed by atoms with van der Waals surface area (Å²) in [6, 6.07) is 3.35. The van der Waals surface area contributed by atoms with Gasteiger partial charge in [0.05, 0.1) is 6.04 Å². The van der Waals surface area contributed by atoms with Crippen molar-refractivity contribution in [3.63, 3.8) is 0 Å². The summed E-state index contributed by atoms with van der Waals surface area (Å²) in [6.07, 6.45) is 0.601. The molecule has 0 radical (unpaired) electrons. The molecule has 0 spiro atoms. The number of nitrogens with one attached hydrogen (secondary N) is 2. The van der Waals surface area contributed by atoms with Gasteiger partial charge in [0.1, 0.15) is 17.8 Å². The maximum Gasteiger partial charge on any atom is 0.325 e. The zero-order valence-corrected chi connectivity index (χ0v) is 15.2. The highest BCUT2D eigenvalue weighted by Gasteiger charge is 2.26. The van der Waals surface area contributed by atoms with Gasteiger partial charge < -0.3 is 26.6 Å². The average molecular weight is 365 g/mol. The lowest BCUT2D eigenvalue weighted by Crippen LogP contribution is -2.54. The number of aliphatic carboxylic acids is 1. The van der Waals surface area contributed by atoms with Crippen molar-refractivity contribution >= 4 is 17.8 Å². The number of carboxylic acids is 1. The van der Waals surface area contributed by atoms with Crippen molar-refractivity contribution in [2.75, 3.05) is 0 Å². The molecule has 8 nitrogen and oxygen atoms in total. The molecule has 0 fully saturated rings. The summed E-state index contributed by atoms with van der Waals surface area (Å²) in [4.78, 5) is 35.7. The molecule has 1 aromatic rings. The fourth-order valence-electron chi connectivity index (χ4n) is 2.35. The van der Waals surface area contributed by atoms with Crippen molar-refractivity contribution in [1.82, 2.24) is 10.6 Å². The van der Waals surface area contributed by atoms with Gasteiger partial charge in [-0.15, -0.1) is 0 Å². The van der Waals surface area contributed by atoms with Crippen LogP contribution in [0.4, 0.5) is 0 Å². The lowest BCUT2D eigenvalue weighted by atomic mass is 10.0. The zero-order chi connectivity index (χ0) is 19.9. The van der Waals surface area contributed by atoms with Crippen LogP contribution in [0, 0.1) is 5.92 Å². The smallest absolute Gasteiger partial charge is 0.325 e. The van der Waals surface area contributed by atoms with Crippen LogP contribution in [0.25, 0.3) is 0 Å². The van der Waals surface area contributed by atoms with E-state index in [1.54, 1.807) is 12.1 Å². The van der Waals surface area contributed by atoms with Gasteiger partial charge in [-0.25, -0.2) is 0 Å². The summed E-state index contributed by atoms with van der Waals surface area (Å²) in [5.41, 5.74) is 6.56. The molecule has 0 unspecified atom stereocenters. The number of nitrogens with two attached hydrogens (primary N) is 1. The van der Waals surface area contributed by atoms with Crippen LogP contribution in [-0.4, -0.2) is 46.1 Å². The molecular formula is C18H27N3O5. The molecule has 0 aromatic heterocycles. The fourth-order valence-corrected chi connectivity index (χ4v) is 2.35. The minimum Gasteiger partial charge on any atom is -0.508 e. The lowest BCUT2D eigenvalue weighted by molar-refractivity contribution is -0.141. The predicted molar refractivity (Wildman–Crippen MR) is 96.4 cm³/mol. The maximum absolute atomic E-state index is 12.4. The number of phenolic OH excluding ortho intramolecular Hbond substituents is 1. The largest absolute Gasteiger partial charge is 0.508 e. The minimum absolute atomic E-state index is 0.0808. The van der Waals surface area contributed by atoms with Crippen LogP contribution in [0.2, 0.25) is 0 Å². The summed E-state index contributed by atoms with van der Waals surface area (Å²) in [6.45, 7) is 5.20. The Hall–Kier alpha value is -2.61. The first-order valence-electron chi connectivity index (χ1n) is 8.47. The second-order valence-electron chi connectivity index (χ2n) is 6.74. The van der Waals surface area contributed by atoms with E-state index in [9.17, 15) is 19.5 Å². The van der Waals surface area contributed by atoms with Crippen molar-refractivity contribution in [2.24, 2.45) is 11.7 Å². The van der Waals surface area contributed by atoms with Gasteiger partial charge in [0.2, 0.25) is 11.8 Å². The molecule has 1 aromatic carbocycles. The van der Waals surface area contributed by atoms with E-state index < -0.39 is 35.9 Å². The number of phenols is 1. The number of rotatable bonds is 9. The molecule has 0 saturated heterocycles. The van der Waals surface area contributed by atoms with Gasteiger partial charge in [0.15, 0.2) is 0 Å². The van der Waals surface area contributed by atoms with Crippen LogP contribution in [-0.2, 0) is 20.8 Å². The Kier molecular flexibility index (Phi) is 8.05. The Morgan fingerprint density at radius 2 is 1.62 bits per heavy atom. The summed E-state index contributed by atoms with van der Waals surface area (Å²) in [5.74, 6) is -1.97. The molecule has 0 aliphatic heterocycles. The standard InChI is InChI=1S/C18H27N3O5/c1-10(2)8-14(19)16(23)21-15(17(24)20-11(3)18(25)26)9-12-4-6-13(22)7-5-12/h4-7,10-11,14-15,22H,8-9,19H2,1-3H3,(H,20,24)(H,21,23)(H,25,26)/t11-,14-,15-/m0/s1. The van der Waals surface area contributed by atoms with Crippen molar-refractivity contribution in [3.8, 4) is 5.75 Å². The first-order chi connectivity index (χ1) is 12.1. The maximum atomic E-state index is 12.4. The van der Waals surface area contributed by atoms with E-state index in [4.69, 9.17) is 10.8 Å². The number of hydrogen-bond acceptors (Lipinski definition) is 5. The van der Waals surface area contributed by atoms with E-state index in [0.29, 0.717) is 12.0 Å². The summed E-state index contributed by atoms with van der Waals surface area (Å²) in [7, 11) is 0. The van der Waals surface area contributed by atoms with Crippen molar-refractivity contribution in [2.45, 2.75) is 51.7 Å². The molecule has 0 bridgehead atoms. The number of carbonyl (C=O) groups excluding carboxylic acids is 2. The van der Waals surface area contributed by atoms with E-state index in [-0.39, 0.29) is 18.1 Å². The summed E-state index contributed by atoms with van der Waals surface area (Å²) < 4.78 is 0. The monoisotopic (exact) mass is 365 g/mol. The Balaban J connectivity index is 2.89. The molecular weight excluding hydrogens is 338 g/mol. The van der Waals surface area contributed by atoms with E-state index in [1.165, 1.54) is 19.1 Å². The molecule has 144 valence electrons. The zero-order valence-electron chi connectivity index (χ0n) is 15.2. The number of hydrogen-bond donors (Lipinski definition) is 5. The third-order valence-corrected chi connectivity index (χ3v) is 3.80.